The topological polar surface area (TPSA) is 152 Å². The lowest BCUT2D eigenvalue weighted by atomic mass is 10.1. The van der Waals surface area contributed by atoms with Crippen molar-refractivity contribution >= 4 is 22.8 Å². The number of nitrogens with one attached hydrogen (secondary N) is 2. The molecule has 0 aliphatic heterocycles. The van der Waals surface area contributed by atoms with Crippen LogP contribution in [0.25, 0.3) is 10.9 Å². The minimum absolute atomic E-state index is 0.103. The Morgan fingerprint density at radius 1 is 1.03 bits per heavy atom. The quantitative estimate of drug-likeness (QED) is 0.149. The van der Waals surface area contributed by atoms with Gasteiger partial charge in [0.05, 0.1) is 5.52 Å². The van der Waals surface area contributed by atoms with Crippen LogP contribution in [0.15, 0.2) is 48.7 Å². The van der Waals surface area contributed by atoms with E-state index in [1.54, 1.807) is 24.4 Å². The molecule has 3 rings (SSSR count). The summed E-state index contributed by atoms with van der Waals surface area (Å²) in [5, 5.41) is 36.6. The third-order valence-corrected chi connectivity index (χ3v) is 5.10. The fourth-order valence-corrected chi connectivity index (χ4v) is 3.10. The van der Waals surface area contributed by atoms with Crippen LogP contribution in [0.3, 0.4) is 0 Å². The number of para-hydroxylation sites is 1. The molecular formula is C24H25F5N2O7. The number of aromatic amines is 1. The van der Waals surface area contributed by atoms with Crippen LogP contribution < -0.4 is 10.1 Å². The van der Waals surface area contributed by atoms with Gasteiger partial charge in [0.15, 0.2) is 18.8 Å². The first kappa shape index (κ1) is 30.5. The number of halogens is 5. The number of carbonyl (C=O) groups is 2. The molecule has 0 aliphatic carbocycles. The molecule has 2 aromatic carbocycles. The van der Waals surface area contributed by atoms with Gasteiger partial charge in [0.25, 0.3) is 0 Å². The number of aliphatic carboxylic acids is 2. The number of aromatic nitrogens is 1. The van der Waals surface area contributed by atoms with Crippen molar-refractivity contribution in [1.29, 1.82) is 0 Å². The van der Waals surface area contributed by atoms with Crippen molar-refractivity contribution in [1.82, 2.24) is 10.3 Å². The molecule has 0 saturated carbocycles. The van der Waals surface area contributed by atoms with E-state index in [0.29, 0.717) is 25.0 Å². The Hall–Kier alpha value is -3.75. The molecule has 9 nitrogen and oxygen atoms in total. The number of alkyl halides is 4. The van der Waals surface area contributed by atoms with Gasteiger partial charge in [-0.2, -0.15) is 8.78 Å². The molecule has 1 heterocycles. The number of ether oxygens (including phenoxy) is 1. The molecule has 38 heavy (non-hydrogen) atoms. The Bertz CT molecular complexity index is 1200. The average Bonchev–Trinajstić information content (AvgIpc) is 3.29. The molecule has 0 unspecified atom stereocenters. The first-order valence-electron chi connectivity index (χ1n) is 11.0. The van der Waals surface area contributed by atoms with Gasteiger partial charge in [0.1, 0.15) is 11.6 Å². The minimum Gasteiger partial charge on any atom is -0.487 e. The Morgan fingerprint density at radius 2 is 1.66 bits per heavy atom. The van der Waals surface area contributed by atoms with E-state index >= 15 is 0 Å². The molecule has 0 radical (unpaired) electrons. The Morgan fingerprint density at radius 3 is 2.26 bits per heavy atom. The van der Waals surface area contributed by atoms with Gasteiger partial charge in [-0.05, 0) is 42.3 Å². The summed E-state index contributed by atoms with van der Waals surface area (Å²) in [5.74, 6) is -7.92. The fourth-order valence-electron chi connectivity index (χ4n) is 3.10. The van der Waals surface area contributed by atoms with Crippen molar-refractivity contribution in [3.63, 3.8) is 0 Å². The fraction of sp³-hybridized carbons (Fsp3) is 0.333. The number of H-pyrrole nitrogens is 1. The van der Waals surface area contributed by atoms with E-state index in [1.807, 2.05) is 6.07 Å². The van der Waals surface area contributed by atoms with E-state index in [4.69, 9.17) is 25.2 Å². The highest BCUT2D eigenvalue weighted by Gasteiger charge is 2.41. The van der Waals surface area contributed by atoms with Crippen molar-refractivity contribution in [2.45, 2.75) is 37.5 Å². The van der Waals surface area contributed by atoms with Gasteiger partial charge in [-0.3, -0.25) is 0 Å². The van der Waals surface area contributed by atoms with E-state index < -0.39 is 43.1 Å². The standard InChI is InChI=1S/C20H19F5N2O.C4H6O6/c21-17-6-2-5-16-14(11-27-18(16)17)7-8-26-10-13-3-1-4-15(9-13)28-12-20(24,25)19(22)23;5-1(3(7)8)2(6)4(9)10/h1-6,9,11,19,26-27H,7-8,10,12H2;1-2,5-6H,(H,7,8)(H,9,10)/t;1-,2-/m.1/s1. The van der Waals surface area contributed by atoms with Crippen LogP contribution in [0.2, 0.25) is 0 Å². The van der Waals surface area contributed by atoms with Crippen LogP contribution in [0.5, 0.6) is 5.75 Å². The van der Waals surface area contributed by atoms with Gasteiger partial charge in [-0.1, -0.05) is 24.3 Å². The summed E-state index contributed by atoms with van der Waals surface area (Å²) in [4.78, 5) is 22.5. The van der Waals surface area contributed by atoms with Crippen LogP contribution in [0.4, 0.5) is 22.0 Å². The number of carboxylic acid groups (broad SMARTS) is 2. The molecule has 2 atom stereocenters. The zero-order valence-electron chi connectivity index (χ0n) is 19.6. The lowest BCUT2D eigenvalue weighted by Gasteiger charge is -2.16. The Balaban J connectivity index is 0.000000432. The summed E-state index contributed by atoms with van der Waals surface area (Å²) < 4.78 is 68.7. The first-order chi connectivity index (χ1) is 17.8. The highest BCUT2D eigenvalue weighted by atomic mass is 19.3. The van der Waals surface area contributed by atoms with Crippen molar-refractivity contribution in [3.05, 3.63) is 65.6 Å². The van der Waals surface area contributed by atoms with E-state index in [1.165, 1.54) is 18.2 Å². The third-order valence-electron chi connectivity index (χ3n) is 5.10. The van der Waals surface area contributed by atoms with Crippen molar-refractivity contribution in [3.8, 4) is 5.75 Å². The number of carboxylic acids is 2. The summed E-state index contributed by atoms with van der Waals surface area (Å²) in [6.45, 7) is -0.324. The Labute approximate surface area is 212 Å². The molecular weight excluding hydrogens is 523 g/mol. The van der Waals surface area contributed by atoms with Crippen LogP contribution in [0.1, 0.15) is 11.1 Å². The number of aliphatic hydroxyl groups is 2. The smallest absolute Gasteiger partial charge is 0.340 e. The number of benzene rings is 2. The maximum atomic E-state index is 13.7. The lowest BCUT2D eigenvalue weighted by Crippen LogP contribution is -2.39. The van der Waals surface area contributed by atoms with Gasteiger partial charge >= 0.3 is 24.3 Å². The summed E-state index contributed by atoms with van der Waals surface area (Å²) in [5.41, 5.74) is 2.22. The van der Waals surface area contributed by atoms with E-state index in [9.17, 15) is 31.5 Å². The highest BCUT2D eigenvalue weighted by Crippen LogP contribution is 2.25. The number of fused-ring (bicyclic) bond motifs is 1. The predicted octanol–water partition coefficient (Wildman–Crippen LogP) is 2.80. The average molecular weight is 548 g/mol. The Kier molecular flexibility index (Phi) is 11.0. The second-order valence-electron chi connectivity index (χ2n) is 7.97. The van der Waals surface area contributed by atoms with Gasteiger partial charge in [-0.25, -0.2) is 22.8 Å². The molecule has 0 amide bonds. The molecule has 208 valence electrons. The molecule has 0 spiro atoms. The molecule has 6 N–H and O–H groups in total. The second-order valence-corrected chi connectivity index (χ2v) is 7.97. The van der Waals surface area contributed by atoms with E-state index in [0.717, 1.165) is 16.5 Å². The SMILES string of the molecule is Fc1cccc2c(CCNCc3cccc(OCC(F)(F)C(F)F)c3)c[nH]c12.O=C(O)[C@H](O)[C@@H](O)C(=O)O. The van der Waals surface area contributed by atoms with Crippen LogP contribution in [-0.4, -0.2) is 75.1 Å². The highest BCUT2D eigenvalue weighted by molar-refractivity contribution is 5.84. The zero-order chi connectivity index (χ0) is 28.5. The van der Waals surface area contributed by atoms with E-state index in [-0.39, 0.29) is 11.6 Å². The maximum absolute atomic E-state index is 13.7. The molecule has 0 aliphatic rings. The number of hydrogen-bond donors (Lipinski definition) is 6. The van der Waals surface area contributed by atoms with Crippen LogP contribution in [-0.2, 0) is 22.6 Å². The largest absolute Gasteiger partial charge is 0.487 e. The van der Waals surface area contributed by atoms with Crippen LogP contribution >= 0.6 is 0 Å². The normalized spacial score (nSPS) is 13.1. The number of hydrogen-bond acceptors (Lipinski definition) is 6. The lowest BCUT2D eigenvalue weighted by molar-refractivity contribution is -0.165. The number of rotatable bonds is 12. The van der Waals surface area contributed by atoms with Gasteiger partial charge in [0, 0.05) is 18.1 Å². The molecule has 0 bridgehead atoms. The zero-order valence-corrected chi connectivity index (χ0v) is 19.6. The van der Waals surface area contributed by atoms with Crippen molar-refractivity contribution < 1.29 is 56.7 Å². The molecule has 14 heteroatoms. The van der Waals surface area contributed by atoms with E-state index in [2.05, 4.69) is 10.3 Å². The summed E-state index contributed by atoms with van der Waals surface area (Å²) in [7, 11) is 0. The predicted molar refractivity (Wildman–Crippen MR) is 124 cm³/mol. The molecule has 1 aromatic heterocycles. The first-order valence-corrected chi connectivity index (χ1v) is 11.0. The molecule has 3 aromatic rings. The maximum Gasteiger partial charge on any atom is 0.340 e. The van der Waals surface area contributed by atoms with Crippen molar-refractivity contribution in [2.24, 2.45) is 0 Å². The van der Waals surface area contributed by atoms with Crippen molar-refractivity contribution in [2.75, 3.05) is 13.2 Å². The van der Waals surface area contributed by atoms with Gasteiger partial charge in [0.2, 0.25) is 0 Å². The van der Waals surface area contributed by atoms with Crippen LogP contribution in [0, 0.1) is 5.82 Å². The molecule has 0 fully saturated rings. The summed E-state index contributed by atoms with van der Waals surface area (Å²) in [6.07, 6.45) is -5.86. The second kappa shape index (κ2) is 13.7. The minimum atomic E-state index is -4.19. The number of aliphatic hydroxyl groups excluding tert-OH is 2. The van der Waals surface area contributed by atoms with Gasteiger partial charge < -0.3 is 35.5 Å². The monoisotopic (exact) mass is 548 g/mol. The summed E-state index contributed by atoms with van der Waals surface area (Å²) in [6, 6.07) is 11.2. The third kappa shape index (κ3) is 8.68. The van der Waals surface area contributed by atoms with Gasteiger partial charge in [-0.15, -0.1) is 0 Å². The molecule has 0 saturated heterocycles. The summed E-state index contributed by atoms with van der Waals surface area (Å²) >= 11 is 0.